The number of carbonyl (C=O) groups excluding carboxylic acids is 2. The summed E-state index contributed by atoms with van der Waals surface area (Å²) < 4.78 is 1.69. The van der Waals surface area contributed by atoms with E-state index < -0.39 is 22.7 Å². The molecule has 0 radical (unpaired) electrons. The molecule has 0 saturated carbocycles. The Morgan fingerprint density at radius 3 is 2.53 bits per heavy atom. The van der Waals surface area contributed by atoms with Gasteiger partial charge in [-0.05, 0) is 55.4 Å². The highest BCUT2D eigenvalue weighted by Crippen LogP contribution is 2.21. The lowest BCUT2D eigenvalue weighted by atomic mass is 10.1. The number of nitro benzene ring substituents is 1. The summed E-state index contributed by atoms with van der Waals surface area (Å²) >= 11 is 5.13. The minimum atomic E-state index is -0.872. The number of nitrogens with one attached hydrogen (secondary N) is 1. The molecule has 166 valence electrons. The van der Waals surface area contributed by atoms with Gasteiger partial charge in [-0.3, -0.25) is 34.7 Å². The van der Waals surface area contributed by atoms with Gasteiger partial charge in [0, 0.05) is 42.7 Å². The van der Waals surface area contributed by atoms with Crippen molar-refractivity contribution in [1.29, 1.82) is 0 Å². The first-order valence-electron chi connectivity index (χ1n) is 9.81. The van der Waals surface area contributed by atoms with Crippen LogP contribution < -0.4 is 5.32 Å². The molecule has 0 unspecified atom stereocenters. The Kier molecular flexibility index (Phi) is 7.11. The summed E-state index contributed by atoms with van der Waals surface area (Å²) in [6.45, 7) is 0.262. The molecule has 2 amide bonds. The Morgan fingerprint density at radius 1 is 1.16 bits per heavy atom. The van der Waals surface area contributed by atoms with Gasteiger partial charge in [-0.15, -0.1) is 0 Å². The fourth-order valence-electron chi connectivity index (χ4n) is 3.25. The number of amides is 2. The van der Waals surface area contributed by atoms with Crippen LogP contribution in [0.1, 0.15) is 31.4 Å². The number of hydrogen-bond donors (Lipinski definition) is 2. The number of benzene rings is 1. The Bertz CT molecular complexity index is 1110. The van der Waals surface area contributed by atoms with E-state index >= 15 is 0 Å². The van der Waals surface area contributed by atoms with Gasteiger partial charge in [0.2, 0.25) is 0 Å². The van der Waals surface area contributed by atoms with E-state index in [-0.39, 0.29) is 29.3 Å². The van der Waals surface area contributed by atoms with Crippen molar-refractivity contribution in [2.75, 3.05) is 6.54 Å². The van der Waals surface area contributed by atoms with Crippen LogP contribution in [-0.4, -0.2) is 48.9 Å². The molecule has 1 aromatic heterocycles. The molecule has 1 aromatic carbocycles. The molecule has 0 bridgehead atoms. The number of nitrogens with zero attached hydrogens (tertiary/aromatic N) is 3. The topological polar surface area (TPSA) is 135 Å². The molecule has 2 aromatic rings. The summed E-state index contributed by atoms with van der Waals surface area (Å²) in [6, 6.07) is 9.31. The van der Waals surface area contributed by atoms with Crippen LogP contribution >= 0.6 is 12.2 Å². The third-order valence-corrected chi connectivity index (χ3v) is 5.19. The molecule has 1 fully saturated rings. The van der Waals surface area contributed by atoms with Gasteiger partial charge in [0.15, 0.2) is 5.11 Å². The van der Waals surface area contributed by atoms with E-state index in [1.165, 1.54) is 23.1 Å². The molecular weight excluding hydrogens is 436 g/mol. The Labute approximate surface area is 188 Å². The molecular formula is C21H20N4O6S. The van der Waals surface area contributed by atoms with Gasteiger partial charge in [-0.2, -0.15) is 0 Å². The summed E-state index contributed by atoms with van der Waals surface area (Å²) in [4.78, 5) is 47.7. The van der Waals surface area contributed by atoms with Gasteiger partial charge < -0.3 is 9.67 Å². The second-order valence-electron chi connectivity index (χ2n) is 7.06. The monoisotopic (exact) mass is 456 g/mol. The first-order chi connectivity index (χ1) is 15.3. The van der Waals surface area contributed by atoms with Crippen LogP contribution in [0.15, 0.2) is 48.2 Å². The number of aliphatic carboxylic acids is 1. The van der Waals surface area contributed by atoms with Crippen molar-refractivity contribution < 1.29 is 24.4 Å². The van der Waals surface area contributed by atoms with E-state index in [1.807, 2.05) is 0 Å². The molecule has 32 heavy (non-hydrogen) atoms. The lowest BCUT2D eigenvalue weighted by Crippen LogP contribution is -2.54. The molecule has 11 heteroatoms. The van der Waals surface area contributed by atoms with Gasteiger partial charge in [-0.1, -0.05) is 6.42 Å². The molecule has 1 saturated heterocycles. The van der Waals surface area contributed by atoms with E-state index in [0.29, 0.717) is 30.6 Å². The average Bonchev–Trinajstić information content (AvgIpc) is 3.21. The fraction of sp³-hybridized carbons (Fsp3) is 0.238. The normalized spacial score (nSPS) is 15.2. The van der Waals surface area contributed by atoms with Gasteiger partial charge in [0.25, 0.3) is 17.5 Å². The standard InChI is InChI=1S/C21H20N4O6S/c26-18(27)6-2-1-3-11-24-20(29)17(19(28)22-21(24)32)13-16-5-4-12-23(16)14-7-9-15(10-8-14)25(30)31/h4-5,7-10,12-13H,1-3,6,11H2,(H,26,27)(H,22,28,32). The maximum Gasteiger partial charge on any atom is 0.303 e. The summed E-state index contributed by atoms with van der Waals surface area (Å²) in [6.07, 6.45) is 4.85. The van der Waals surface area contributed by atoms with Crippen LogP contribution in [-0.2, 0) is 14.4 Å². The molecule has 0 atom stereocenters. The van der Waals surface area contributed by atoms with E-state index in [2.05, 4.69) is 5.32 Å². The molecule has 10 nitrogen and oxygen atoms in total. The highest BCUT2D eigenvalue weighted by molar-refractivity contribution is 7.80. The van der Waals surface area contributed by atoms with Crippen LogP contribution in [0.4, 0.5) is 5.69 Å². The summed E-state index contributed by atoms with van der Waals surface area (Å²) in [5.74, 6) is -2.02. The number of carboxylic acid groups (broad SMARTS) is 1. The number of thiocarbonyl (C=S) groups is 1. The predicted molar refractivity (Wildman–Crippen MR) is 119 cm³/mol. The van der Waals surface area contributed by atoms with Gasteiger partial charge in [0.1, 0.15) is 5.57 Å². The highest BCUT2D eigenvalue weighted by Gasteiger charge is 2.33. The highest BCUT2D eigenvalue weighted by atomic mass is 32.1. The van der Waals surface area contributed by atoms with Gasteiger partial charge in [0.05, 0.1) is 4.92 Å². The molecule has 0 aliphatic carbocycles. The van der Waals surface area contributed by atoms with Gasteiger partial charge >= 0.3 is 5.97 Å². The van der Waals surface area contributed by atoms with Crippen molar-refractivity contribution in [1.82, 2.24) is 14.8 Å². The quantitative estimate of drug-likeness (QED) is 0.148. The molecule has 0 spiro atoms. The van der Waals surface area contributed by atoms with Gasteiger partial charge in [-0.25, -0.2) is 0 Å². The van der Waals surface area contributed by atoms with Crippen LogP contribution in [0.3, 0.4) is 0 Å². The molecule has 2 N–H and O–H groups in total. The van der Waals surface area contributed by atoms with Crippen LogP contribution in [0, 0.1) is 10.1 Å². The van der Waals surface area contributed by atoms with Crippen molar-refractivity contribution in [2.24, 2.45) is 0 Å². The number of nitro groups is 1. The van der Waals surface area contributed by atoms with E-state index in [9.17, 15) is 24.5 Å². The zero-order valence-electron chi connectivity index (χ0n) is 16.9. The largest absolute Gasteiger partial charge is 0.481 e. The second-order valence-corrected chi connectivity index (χ2v) is 7.44. The van der Waals surface area contributed by atoms with Crippen LogP contribution in [0.5, 0.6) is 0 Å². The number of carbonyl (C=O) groups is 3. The van der Waals surface area contributed by atoms with Crippen molar-refractivity contribution in [2.45, 2.75) is 25.7 Å². The first-order valence-corrected chi connectivity index (χ1v) is 10.2. The number of carboxylic acids is 1. The smallest absolute Gasteiger partial charge is 0.303 e. The summed E-state index contributed by atoms with van der Waals surface area (Å²) in [7, 11) is 0. The molecule has 3 rings (SSSR count). The van der Waals surface area contributed by atoms with Crippen molar-refractivity contribution in [3.05, 3.63) is 64.0 Å². The maximum absolute atomic E-state index is 12.9. The third kappa shape index (κ3) is 5.24. The van der Waals surface area contributed by atoms with Crippen molar-refractivity contribution in [3.63, 3.8) is 0 Å². The summed E-state index contributed by atoms with van der Waals surface area (Å²) in [5, 5.41) is 22.1. The number of aromatic nitrogens is 1. The maximum atomic E-state index is 12.9. The zero-order valence-corrected chi connectivity index (χ0v) is 17.7. The van der Waals surface area contributed by atoms with E-state index in [1.54, 1.807) is 35.0 Å². The first kappa shape index (κ1) is 22.8. The Hall–Kier alpha value is -3.86. The average molecular weight is 456 g/mol. The Balaban J connectivity index is 1.79. The number of rotatable bonds is 9. The lowest BCUT2D eigenvalue weighted by molar-refractivity contribution is -0.384. The third-order valence-electron chi connectivity index (χ3n) is 4.87. The lowest BCUT2D eigenvalue weighted by Gasteiger charge is -2.29. The van der Waals surface area contributed by atoms with E-state index in [4.69, 9.17) is 17.3 Å². The van der Waals surface area contributed by atoms with Crippen LogP contribution in [0.25, 0.3) is 11.8 Å². The fourth-order valence-corrected chi connectivity index (χ4v) is 3.52. The SMILES string of the molecule is O=C(O)CCCCCN1C(=O)C(=Cc2cccn2-c2ccc([N+](=O)[O-])cc2)C(=O)NC1=S. The van der Waals surface area contributed by atoms with Crippen molar-refractivity contribution >= 4 is 46.9 Å². The summed E-state index contributed by atoms with van der Waals surface area (Å²) in [5.41, 5.74) is 1.02. The van der Waals surface area contributed by atoms with E-state index in [0.717, 1.165) is 0 Å². The van der Waals surface area contributed by atoms with Crippen molar-refractivity contribution in [3.8, 4) is 5.69 Å². The number of unbranched alkanes of at least 4 members (excludes halogenated alkanes) is 2. The number of non-ortho nitro benzene ring substituents is 1. The Morgan fingerprint density at radius 2 is 1.88 bits per heavy atom. The predicted octanol–water partition coefficient (Wildman–Crippen LogP) is 2.66. The number of hydrogen-bond acceptors (Lipinski definition) is 6. The minimum absolute atomic E-state index is 0.0149. The van der Waals surface area contributed by atoms with Crippen LogP contribution in [0.2, 0.25) is 0 Å². The zero-order chi connectivity index (χ0) is 23.3. The second kappa shape index (κ2) is 9.96. The molecule has 1 aliphatic rings. The molecule has 1 aliphatic heterocycles. The minimum Gasteiger partial charge on any atom is -0.481 e. The molecule has 2 heterocycles.